The molecule has 0 aromatic heterocycles. The third-order valence-electron chi connectivity index (χ3n) is 2.28. The van der Waals surface area contributed by atoms with E-state index >= 15 is 0 Å². The largest absolute Gasteiger partial charge is 0.364 e. The molecule has 1 unspecified atom stereocenters. The van der Waals surface area contributed by atoms with E-state index in [9.17, 15) is 4.39 Å². The van der Waals surface area contributed by atoms with Crippen molar-refractivity contribution in [2.24, 2.45) is 0 Å². The fourth-order valence-corrected chi connectivity index (χ4v) is 1.46. The Morgan fingerprint density at radius 1 is 1.50 bits per heavy atom. The van der Waals surface area contributed by atoms with Crippen molar-refractivity contribution in [1.29, 1.82) is 0 Å². The van der Waals surface area contributed by atoms with Gasteiger partial charge in [0.15, 0.2) is 0 Å². The van der Waals surface area contributed by atoms with Gasteiger partial charge in [0.1, 0.15) is 5.82 Å². The molecule has 0 bridgehead atoms. The Balaban J connectivity index is 2.47. The predicted molar refractivity (Wildman–Crippen MR) is 47.9 cm³/mol. The highest BCUT2D eigenvalue weighted by atomic mass is 19.1. The van der Waals surface area contributed by atoms with Crippen molar-refractivity contribution in [3.8, 4) is 0 Å². The van der Waals surface area contributed by atoms with Crippen LogP contribution in [0.4, 0.5) is 15.8 Å². The first-order valence-electron chi connectivity index (χ1n) is 3.97. The standard InChI is InChI=1S/C9H11FN2/c1-6-11-8-5-7(10)3-4-9(8)12(6)2/h3-6,11H,1-2H3. The Morgan fingerprint density at radius 3 is 3.00 bits per heavy atom. The molecule has 2 nitrogen and oxygen atoms in total. The highest BCUT2D eigenvalue weighted by Gasteiger charge is 2.21. The molecule has 1 aliphatic heterocycles. The van der Waals surface area contributed by atoms with Gasteiger partial charge in [0, 0.05) is 7.05 Å². The maximum atomic E-state index is 12.8. The maximum absolute atomic E-state index is 12.8. The lowest BCUT2D eigenvalue weighted by Crippen LogP contribution is -2.28. The van der Waals surface area contributed by atoms with Crippen molar-refractivity contribution >= 4 is 11.4 Å². The molecule has 0 saturated carbocycles. The molecular formula is C9H11FN2. The van der Waals surface area contributed by atoms with E-state index in [-0.39, 0.29) is 12.0 Å². The number of nitrogens with one attached hydrogen (secondary N) is 1. The lowest BCUT2D eigenvalue weighted by molar-refractivity contribution is 0.628. The van der Waals surface area contributed by atoms with Gasteiger partial charge in [-0.2, -0.15) is 0 Å². The molecule has 1 heterocycles. The van der Waals surface area contributed by atoms with Gasteiger partial charge in [-0.15, -0.1) is 0 Å². The summed E-state index contributed by atoms with van der Waals surface area (Å²) in [7, 11) is 1.99. The van der Waals surface area contributed by atoms with E-state index in [1.165, 1.54) is 12.1 Å². The number of hydrogen-bond donors (Lipinski definition) is 1. The number of hydrogen-bond acceptors (Lipinski definition) is 2. The van der Waals surface area contributed by atoms with E-state index in [0.717, 1.165) is 11.4 Å². The van der Waals surface area contributed by atoms with E-state index in [4.69, 9.17) is 0 Å². The lowest BCUT2D eigenvalue weighted by atomic mass is 10.2. The fourth-order valence-electron chi connectivity index (χ4n) is 1.46. The van der Waals surface area contributed by atoms with Gasteiger partial charge in [-0.25, -0.2) is 4.39 Å². The van der Waals surface area contributed by atoms with Crippen LogP contribution in [0.1, 0.15) is 6.92 Å². The fraction of sp³-hybridized carbons (Fsp3) is 0.333. The molecule has 1 atom stereocenters. The SMILES string of the molecule is CC1Nc2cc(F)ccc2N1C. The third-order valence-corrected chi connectivity index (χ3v) is 2.28. The zero-order valence-corrected chi connectivity index (χ0v) is 7.13. The van der Waals surface area contributed by atoms with Crippen LogP contribution in [0, 0.1) is 5.82 Å². The van der Waals surface area contributed by atoms with Gasteiger partial charge in [0.2, 0.25) is 0 Å². The molecule has 64 valence electrons. The predicted octanol–water partition coefficient (Wildman–Crippen LogP) is 2.03. The van der Waals surface area contributed by atoms with Crippen molar-refractivity contribution in [2.45, 2.75) is 13.1 Å². The molecule has 0 amide bonds. The van der Waals surface area contributed by atoms with Crippen molar-refractivity contribution < 1.29 is 4.39 Å². The quantitative estimate of drug-likeness (QED) is 0.634. The minimum absolute atomic E-state index is 0.191. The average Bonchev–Trinajstić information content (AvgIpc) is 2.28. The summed E-state index contributed by atoms with van der Waals surface area (Å²) in [5.41, 5.74) is 1.94. The zero-order chi connectivity index (χ0) is 8.72. The normalized spacial score (nSPS) is 20.6. The van der Waals surface area contributed by atoms with Crippen LogP contribution >= 0.6 is 0 Å². The van der Waals surface area contributed by atoms with Crippen LogP contribution in [0.2, 0.25) is 0 Å². The van der Waals surface area contributed by atoms with Crippen molar-refractivity contribution in [3.63, 3.8) is 0 Å². The smallest absolute Gasteiger partial charge is 0.125 e. The second-order valence-electron chi connectivity index (χ2n) is 3.09. The molecule has 0 radical (unpaired) electrons. The second kappa shape index (κ2) is 2.37. The van der Waals surface area contributed by atoms with Crippen LogP contribution < -0.4 is 10.2 Å². The number of benzene rings is 1. The molecule has 0 saturated heterocycles. The van der Waals surface area contributed by atoms with Gasteiger partial charge in [-0.3, -0.25) is 0 Å². The number of fused-ring (bicyclic) bond motifs is 1. The summed E-state index contributed by atoms with van der Waals surface area (Å²) in [4.78, 5) is 2.08. The first kappa shape index (κ1) is 7.40. The summed E-state index contributed by atoms with van der Waals surface area (Å²) in [5, 5.41) is 3.17. The molecule has 0 fully saturated rings. The summed E-state index contributed by atoms with van der Waals surface area (Å²) >= 11 is 0. The van der Waals surface area contributed by atoms with Gasteiger partial charge >= 0.3 is 0 Å². The molecular weight excluding hydrogens is 155 g/mol. The van der Waals surface area contributed by atoms with Gasteiger partial charge in [0.25, 0.3) is 0 Å². The van der Waals surface area contributed by atoms with Crippen molar-refractivity contribution in [3.05, 3.63) is 24.0 Å². The van der Waals surface area contributed by atoms with Crippen LogP contribution in [-0.4, -0.2) is 13.2 Å². The average molecular weight is 166 g/mol. The third kappa shape index (κ3) is 0.932. The van der Waals surface area contributed by atoms with Gasteiger partial charge in [-0.1, -0.05) is 0 Å². The lowest BCUT2D eigenvalue weighted by Gasteiger charge is -2.16. The zero-order valence-electron chi connectivity index (χ0n) is 7.13. The highest BCUT2D eigenvalue weighted by Crippen LogP contribution is 2.33. The monoisotopic (exact) mass is 166 g/mol. The summed E-state index contributed by atoms with van der Waals surface area (Å²) in [6.07, 6.45) is 0.252. The maximum Gasteiger partial charge on any atom is 0.125 e. The van der Waals surface area contributed by atoms with Crippen LogP contribution in [0.25, 0.3) is 0 Å². The summed E-state index contributed by atoms with van der Waals surface area (Å²) in [5.74, 6) is -0.191. The number of halogens is 1. The number of anilines is 2. The Bertz CT molecular complexity index is 311. The van der Waals surface area contributed by atoms with Crippen LogP contribution in [0.3, 0.4) is 0 Å². The second-order valence-corrected chi connectivity index (χ2v) is 3.09. The minimum Gasteiger partial charge on any atom is -0.364 e. The number of rotatable bonds is 0. The van der Waals surface area contributed by atoms with Crippen LogP contribution in [0.5, 0.6) is 0 Å². The van der Waals surface area contributed by atoms with Gasteiger partial charge in [-0.05, 0) is 25.1 Å². The summed E-state index contributed by atoms with van der Waals surface area (Å²) in [6, 6.07) is 4.80. The van der Waals surface area contributed by atoms with E-state index in [0.29, 0.717) is 0 Å². The van der Waals surface area contributed by atoms with Gasteiger partial charge < -0.3 is 10.2 Å². The minimum atomic E-state index is -0.191. The van der Waals surface area contributed by atoms with Crippen LogP contribution in [0.15, 0.2) is 18.2 Å². The van der Waals surface area contributed by atoms with E-state index < -0.39 is 0 Å². The van der Waals surface area contributed by atoms with Crippen molar-refractivity contribution in [2.75, 3.05) is 17.3 Å². The van der Waals surface area contributed by atoms with Crippen molar-refractivity contribution in [1.82, 2.24) is 0 Å². The molecule has 0 spiro atoms. The molecule has 3 heteroatoms. The summed E-state index contributed by atoms with van der Waals surface area (Å²) < 4.78 is 12.8. The Kier molecular flexibility index (Phi) is 1.46. The summed E-state index contributed by atoms with van der Waals surface area (Å²) in [6.45, 7) is 2.04. The first-order chi connectivity index (χ1) is 5.68. The Hall–Kier alpha value is -1.25. The van der Waals surface area contributed by atoms with E-state index in [1.807, 2.05) is 14.0 Å². The van der Waals surface area contributed by atoms with E-state index in [2.05, 4.69) is 10.2 Å². The van der Waals surface area contributed by atoms with Gasteiger partial charge in [0.05, 0.1) is 17.5 Å². The number of nitrogens with zero attached hydrogens (tertiary/aromatic N) is 1. The van der Waals surface area contributed by atoms with Crippen LogP contribution in [-0.2, 0) is 0 Å². The first-order valence-corrected chi connectivity index (χ1v) is 3.97. The molecule has 1 aliphatic rings. The highest BCUT2D eigenvalue weighted by molar-refractivity contribution is 5.75. The molecule has 1 N–H and O–H groups in total. The molecule has 2 rings (SSSR count). The Labute approximate surface area is 71.0 Å². The Morgan fingerprint density at radius 2 is 2.25 bits per heavy atom. The molecule has 1 aromatic carbocycles. The molecule has 1 aromatic rings. The topological polar surface area (TPSA) is 15.3 Å². The molecule has 12 heavy (non-hydrogen) atoms. The molecule has 0 aliphatic carbocycles. The van der Waals surface area contributed by atoms with E-state index in [1.54, 1.807) is 6.07 Å².